The van der Waals surface area contributed by atoms with E-state index in [0.717, 1.165) is 18.3 Å². The zero-order valence-corrected chi connectivity index (χ0v) is 18.0. The SMILES string of the molecule is C[C@]12CC[C@@H]3c4ccc(OC(=O)c5ccccc5)cc4CC[C@H]3[C@@H]1CC[C@H]2Br. The van der Waals surface area contributed by atoms with E-state index >= 15 is 0 Å². The van der Waals surface area contributed by atoms with E-state index in [2.05, 4.69) is 35.0 Å². The van der Waals surface area contributed by atoms with Crippen LogP contribution in [0.3, 0.4) is 0 Å². The van der Waals surface area contributed by atoms with E-state index in [1.807, 2.05) is 24.3 Å². The zero-order valence-electron chi connectivity index (χ0n) is 16.4. The molecule has 3 aliphatic carbocycles. The first-order chi connectivity index (χ1) is 13.6. The summed E-state index contributed by atoms with van der Waals surface area (Å²) in [5, 5.41) is 0. The minimum absolute atomic E-state index is 0.281. The summed E-state index contributed by atoms with van der Waals surface area (Å²) in [6.07, 6.45) is 7.68. The Balaban J connectivity index is 1.37. The second-order valence-electron chi connectivity index (χ2n) is 9.12. The van der Waals surface area contributed by atoms with Crippen molar-refractivity contribution in [2.24, 2.45) is 17.3 Å². The summed E-state index contributed by atoms with van der Waals surface area (Å²) in [5.74, 6) is 2.73. The number of carbonyl (C=O) groups excluding carboxylic acids is 1. The lowest BCUT2D eigenvalue weighted by Crippen LogP contribution is -2.42. The van der Waals surface area contributed by atoms with Gasteiger partial charge in [-0.2, -0.15) is 0 Å². The third-order valence-electron chi connectivity index (χ3n) is 7.80. The van der Waals surface area contributed by atoms with Gasteiger partial charge in [0.1, 0.15) is 5.75 Å². The van der Waals surface area contributed by atoms with Crippen molar-refractivity contribution in [1.82, 2.24) is 0 Å². The number of fused-ring (bicyclic) bond motifs is 5. The van der Waals surface area contributed by atoms with E-state index in [-0.39, 0.29) is 5.97 Å². The third-order valence-corrected chi connectivity index (χ3v) is 9.31. The summed E-state index contributed by atoms with van der Waals surface area (Å²) in [4.78, 5) is 13.1. The number of alkyl halides is 1. The Hall–Kier alpha value is -1.61. The molecule has 0 aliphatic heterocycles. The van der Waals surface area contributed by atoms with Crippen LogP contribution in [0.4, 0.5) is 0 Å². The summed E-state index contributed by atoms with van der Waals surface area (Å²) in [6, 6.07) is 15.6. The molecule has 2 fully saturated rings. The first-order valence-electron chi connectivity index (χ1n) is 10.6. The summed E-state index contributed by atoms with van der Waals surface area (Å²) in [5.41, 5.74) is 3.97. The maximum absolute atomic E-state index is 12.4. The van der Waals surface area contributed by atoms with Crippen molar-refractivity contribution in [3.63, 3.8) is 0 Å². The highest BCUT2D eigenvalue weighted by atomic mass is 79.9. The Kier molecular flexibility index (Phi) is 4.62. The highest BCUT2D eigenvalue weighted by Gasteiger charge is 2.53. The molecule has 0 bridgehead atoms. The van der Waals surface area contributed by atoms with Crippen molar-refractivity contribution in [3.8, 4) is 5.75 Å². The molecule has 28 heavy (non-hydrogen) atoms. The second kappa shape index (κ2) is 7.02. The summed E-state index contributed by atoms with van der Waals surface area (Å²) < 4.78 is 5.66. The number of hydrogen-bond donors (Lipinski definition) is 0. The molecule has 3 heteroatoms. The number of carbonyl (C=O) groups is 1. The molecule has 2 nitrogen and oxygen atoms in total. The number of benzene rings is 2. The third kappa shape index (κ3) is 2.94. The Morgan fingerprint density at radius 2 is 1.89 bits per heavy atom. The maximum Gasteiger partial charge on any atom is 0.343 e. The molecule has 2 aromatic rings. The van der Waals surface area contributed by atoms with Crippen LogP contribution in [0.25, 0.3) is 0 Å². The van der Waals surface area contributed by atoms with Crippen LogP contribution in [0, 0.1) is 17.3 Å². The molecule has 0 aromatic heterocycles. The molecule has 3 aliphatic rings. The molecule has 0 heterocycles. The second-order valence-corrected chi connectivity index (χ2v) is 10.2. The molecule has 146 valence electrons. The normalized spacial score (nSPS) is 33.5. The molecular weight excluding hydrogens is 412 g/mol. The number of rotatable bonds is 2. The lowest BCUT2D eigenvalue weighted by Gasteiger charge is -2.50. The molecule has 0 amide bonds. The lowest BCUT2D eigenvalue weighted by atomic mass is 9.56. The standard InChI is InChI=1S/C25H27BrO2/c1-25-14-13-20-19-10-8-18(28-24(27)16-5-3-2-4-6-16)15-17(19)7-9-21(20)22(25)11-12-23(25)26/h2-6,8,10,15,20-23H,7,9,11-14H2,1H3/t20-,21-,22+,23-,25+/m1/s1. The fourth-order valence-corrected chi connectivity index (χ4v) is 7.13. The van der Waals surface area contributed by atoms with Gasteiger partial charge in [0, 0.05) is 4.83 Å². The van der Waals surface area contributed by atoms with Crippen LogP contribution in [0.1, 0.15) is 66.4 Å². The van der Waals surface area contributed by atoms with Crippen molar-refractivity contribution in [2.75, 3.05) is 0 Å². The number of hydrogen-bond acceptors (Lipinski definition) is 2. The molecule has 0 unspecified atom stereocenters. The van der Waals surface area contributed by atoms with E-state index in [1.54, 1.807) is 12.1 Å². The van der Waals surface area contributed by atoms with Gasteiger partial charge in [0.2, 0.25) is 0 Å². The number of ether oxygens (including phenoxy) is 1. The van der Waals surface area contributed by atoms with Crippen LogP contribution >= 0.6 is 15.9 Å². The molecule has 2 saturated carbocycles. The Morgan fingerprint density at radius 3 is 2.71 bits per heavy atom. The fraction of sp³-hybridized carbons (Fsp3) is 0.480. The van der Waals surface area contributed by atoms with Crippen LogP contribution in [0.2, 0.25) is 0 Å². The number of aryl methyl sites for hydroxylation is 1. The lowest BCUT2D eigenvalue weighted by molar-refractivity contribution is 0.0638. The van der Waals surface area contributed by atoms with E-state index in [4.69, 9.17) is 4.74 Å². The van der Waals surface area contributed by atoms with Gasteiger partial charge in [-0.3, -0.25) is 0 Å². The Labute approximate surface area is 175 Å². The topological polar surface area (TPSA) is 26.3 Å². The van der Waals surface area contributed by atoms with Crippen molar-refractivity contribution in [2.45, 2.75) is 56.2 Å². The monoisotopic (exact) mass is 438 g/mol. The van der Waals surface area contributed by atoms with Gasteiger partial charge in [-0.25, -0.2) is 4.79 Å². The van der Waals surface area contributed by atoms with E-state index < -0.39 is 0 Å². The Bertz CT molecular complexity index is 893. The minimum atomic E-state index is -0.281. The van der Waals surface area contributed by atoms with Crippen molar-refractivity contribution in [3.05, 3.63) is 65.2 Å². The molecule has 5 atom stereocenters. The van der Waals surface area contributed by atoms with Gasteiger partial charge in [0.05, 0.1) is 5.56 Å². The summed E-state index contributed by atoms with van der Waals surface area (Å²) >= 11 is 3.99. The highest BCUT2D eigenvalue weighted by molar-refractivity contribution is 9.09. The van der Waals surface area contributed by atoms with Crippen LogP contribution in [-0.4, -0.2) is 10.8 Å². The smallest absolute Gasteiger partial charge is 0.343 e. The van der Waals surface area contributed by atoms with Crippen LogP contribution in [0.15, 0.2) is 48.5 Å². The predicted molar refractivity (Wildman–Crippen MR) is 115 cm³/mol. The average molecular weight is 439 g/mol. The van der Waals surface area contributed by atoms with Gasteiger partial charge >= 0.3 is 5.97 Å². The van der Waals surface area contributed by atoms with Gasteiger partial charge in [0.15, 0.2) is 0 Å². The Morgan fingerprint density at radius 1 is 1.07 bits per heavy atom. The van der Waals surface area contributed by atoms with Gasteiger partial charge in [-0.05, 0) is 97.1 Å². The molecule has 0 spiro atoms. The molecule has 0 saturated heterocycles. The van der Waals surface area contributed by atoms with Crippen LogP contribution < -0.4 is 4.74 Å². The van der Waals surface area contributed by atoms with Gasteiger partial charge in [0.25, 0.3) is 0 Å². The average Bonchev–Trinajstić information content (AvgIpc) is 3.03. The number of halogens is 1. The van der Waals surface area contributed by atoms with Crippen LogP contribution in [0.5, 0.6) is 5.75 Å². The van der Waals surface area contributed by atoms with Gasteiger partial charge in [-0.1, -0.05) is 47.1 Å². The highest BCUT2D eigenvalue weighted by Crippen LogP contribution is 2.62. The van der Waals surface area contributed by atoms with E-state index in [9.17, 15) is 4.79 Å². The summed E-state index contributed by atoms with van der Waals surface area (Å²) in [6.45, 7) is 2.52. The van der Waals surface area contributed by atoms with E-state index in [0.29, 0.717) is 27.5 Å². The quantitative estimate of drug-likeness (QED) is 0.302. The molecule has 2 aromatic carbocycles. The van der Waals surface area contributed by atoms with Crippen LogP contribution in [-0.2, 0) is 6.42 Å². The van der Waals surface area contributed by atoms with Gasteiger partial charge < -0.3 is 4.74 Å². The predicted octanol–water partition coefficient (Wildman–Crippen LogP) is 6.53. The largest absolute Gasteiger partial charge is 0.423 e. The molecule has 5 rings (SSSR count). The molecule has 0 N–H and O–H groups in total. The molecular formula is C25H27BrO2. The summed E-state index contributed by atoms with van der Waals surface area (Å²) in [7, 11) is 0. The zero-order chi connectivity index (χ0) is 19.3. The molecule has 0 radical (unpaired) electrons. The van der Waals surface area contributed by atoms with E-state index in [1.165, 1.54) is 43.2 Å². The number of esters is 1. The van der Waals surface area contributed by atoms with Crippen molar-refractivity contribution < 1.29 is 9.53 Å². The first kappa shape index (κ1) is 18.4. The van der Waals surface area contributed by atoms with Gasteiger partial charge in [-0.15, -0.1) is 0 Å². The fourth-order valence-electron chi connectivity index (χ4n) is 6.30. The van der Waals surface area contributed by atoms with Crippen molar-refractivity contribution >= 4 is 21.9 Å². The maximum atomic E-state index is 12.4. The van der Waals surface area contributed by atoms with Crippen molar-refractivity contribution in [1.29, 1.82) is 0 Å². The minimum Gasteiger partial charge on any atom is -0.423 e. The first-order valence-corrected chi connectivity index (χ1v) is 11.5.